The van der Waals surface area contributed by atoms with Crippen molar-refractivity contribution in [3.8, 4) is 0 Å². The van der Waals surface area contributed by atoms with Gasteiger partial charge in [0, 0.05) is 13.1 Å². The van der Waals surface area contributed by atoms with E-state index in [0.29, 0.717) is 0 Å². The van der Waals surface area contributed by atoms with Crippen LogP contribution in [0.3, 0.4) is 0 Å². The minimum absolute atomic E-state index is 0.957. The minimum Gasteiger partial charge on any atom is -0.301 e. The van der Waals surface area contributed by atoms with E-state index in [1.165, 1.54) is 16.8 Å². The average Bonchev–Trinajstić information content (AvgIpc) is 2.69. The van der Waals surface area contributed by atoms with Crippen LogP contribution < -0.4 is 5.01 Å². The van der Waals surface area contributed by atoms with Gasteiger partial charge in [0.25, 0.3) is 0 Å². The Balaban J connectivity index is 1.94. The van der Waals surface area contributed by atoms with Gasteiger partial charge in [-0.25, -0.2) is 5.01 Å². The number of para-hydroxylation sites is 1. The van der Waals surface area contributed by atoms with Crippen molar-refractivity contribution in [2.24, 2.45) is 0 Å². The first-order valence-corrected chi connectivity index (χ1v) is 6.26. The lowest BCUT2D eigenvalue weighted by molar-refractivity contribution is 0.298. The molecular formula is C15H18N2. The number of hydrazine groups is 1. The van der Waals surface area contributed by atoms with Crippen LogP contribution in [-0.2, 0) is 6.54 Å². The van der Waals surface area contributed by atoms with Crippen molar-refractivity contribution in [1.82, 2.24) is 5.01 Å². The van der Waals surface area contributed by atoms with E-state index in [2.05, 4.69) is 53.0 Å². The fourth-order valence-corrected chi connectivity index (χ4v) is 2.57. The van der Waals surface area contributed by atoms with Crippen molar-refractivity contribution in [2.75, 3.05) is 18.1 Å². The normalized spacial score (nSPS) is 22.4. The van der Waals surface area contributed by atoms with Gasteiger partial charge in [0.1, 0.15) is 0 Å². The number of anilines is 1. The Morgan fingerprint density at radius 2 is 1.94 bits per heavy atom. The molecule has 1 aromatic carbocycles. The zero-order chi connectivity index (χ0) is 11.7. The maximum atomic E-state index is 4.19. The van der Waals surface area contributed by atoms with Crippen LogP contribution in [0.5, 0.6) is 0 Å². The van der Waals surface area contributed by atoms with Crippen LogP contribution in [0.4, 0.5) is 5.69 Å². The fraction of sp³-hybridized carbons (Fsp3) is 0.333. The van der Waals surface area contributed by atoms with E-state index < -0.39 is 0 Å². The monoisotopic (exact) mass is 226 g/mol. The van der Waals surface area contributed by atoms with Gasteiger partial charge in [-0.15, -0.1) is 0 Å². The molecule has 0 saturated carbocycles. The summed E-state index contributed by atoms with van der Waals surface area (Å²) in [6.07, 6.45) is 6.78. The molecule has 2 aliphatic heterocycles. The number of benzene rings is 1. The number of allylic oxidation sites excluding steroid dienone is 1. The molecule has 0 amide bonds. The number of hydrogen-bond acceptors (Lipinski definition) is 2. The summed E-state index contributed by atoms with van der Waals surface area (Å²) in [5.74, 6) is 0. The minimum atomic E-state index is 0.957. The molecule has 2 nitrogen and oxygen atoms in total. The van der Waals surface area contributed by atoms with Crippen molar-refractivity contribution in [3.05, 3.63) is 54.1 Å². The predicted octanol–water partition coefficient (Wildman–Crippen LogP) is 3.13. The Kier molecular flexibility index (Phi) is 2.73. The molecule has 1 aromatic rings. The van der Waals surface area contributed by atoms with E-state index in [1.54, 1.807) is 0 Å². The van der Waals surface area contributed by atoms with Crippen LogP contribution >= 0.6 is 0 Å². The first-order valence-electron chi connectivity index (χ1n) is 6.26. The van der Waals surface area contributed by atoms with Gasteiger partial charge in [-0.1, -0.05) is 42.5 Å². The zero-order valence-corrected chi connectivity index (χ0v) is 10.1. The maximum Gasteiger partial charge on any atom is 0.0572 e. The van der Waals surface area contributed by atoms with Crippen LogP contribution in [0, 0.1) is 0 Å². The molecule has 88 valence electrons. The third-order valence-electron chi connectivity index (χ3n) is 3.48. The lowest BCUT2D eigenvalue weighted by Crippen LogP contribution is -2.38. The largest absolute Gasteiger partial charge is 0.301 e. The second-order valence-corrected chi connectivity index (χ2v) is 4.79. The van der Waals surface area contributed by atoms with Crippen LogP contribution in [0.2, 0.25) is 0 Å². The topological polar surface area (TPSA) is 6.48 Å². The molecule has 0 saturated heterocycles. The van der Waals surface area contributed by atoms with E-state index in [1.807, 2.05) is 0 Å². The van der Waals surface area contributed by atoms with Gasteiger partial charge in [0.05, 0.1) is 12.2 Å². The smallest absolute Gasteiger partial charge is 0.0572 e. The molecule has 3 rings (SSSR count). The molecule has 0 unspecified atom stereocenters. The molecule has 0 aromatic heterocycles. The summed E-state index contributed by atoms with van der Waals surface area (Å²) in [6, 6.07) is 8.68. The van der Waals surface area contributed by atoms with E-state index >= 15 is 0 Å². The molecule has 2 aliphatic rings. The summed E-state index contributed by atoms with van der Waals surface area (Å²) >= 11 is 0. The number of rotatable bonds is 0. The maximum absolute atomic E-state index is 4.19. The van der Waals surface area contributed by atoms with Gasteiger partial charge >= 0.3 is 0 Å². The second kappa shape index (κ2) is 4.38. The number of hydrogen-bond donors (Lipinski definition) is 0. The average molecular weight is 226 g/mol. The van der Waals surface area contributed by atoms with Crippen molar-refractivity contribution in [3.63, 3.8) is 0 Å². The van der Waals surface area contributed by atoms with Gasteiger partial charge in [0.2, 0.25) is 0 Å². The Bertz CT molecular complexity index is 462. The molecular weight excluding hydrogens is 208 g/mol. The van der Waals surface area contributed by atoms with Gasteiger partial charge in [0.15, 0.2) is 0 Å². The van der Waals surface area contributed by atoms with Gasteiger partial charge in [-0.3, -0.25) is 0 Å². The van der Waals surface area contributed by atoms with E-state index in [4.69, 9.17) is 0 Å². The molecule has 0 bridgehead atoms. The van der Waals surface area contributed by atoms with E-state index in [0.717, 1.165) is 32.5 Å². The van der Waals surface area contributed by atoms with E-state index in [9.17, 15) is 0 Å². The third-order valence-corrected chi connectivity index (χ3v) is 3.48. The summed E-state index contributed by atoms with van der Waals surface area (Å²) in [4.78, 5) is 0. The molecule has 17 heavy (non-hydrogen) atoms. The standard InChI is InChI=1S/C15H18N2/c1-13-7-3-2-6-10-16-12-14-8-4-5-9-15(14)17(16)11-13/h2,4-6,8-9H,1,3,7,10-12H2/b6-2-. The van der Waals surface area contributed by atoms with Gasteiger partial charge in [-0.05, 0) is 24.5 Å². The highest BCUT2D eigenvalue weighted by Gasteiger charge is 2.26. The molecule has 0 atom stereocenters. The fourth-order valence-electron chi connectivity index (χ4n) is 2.57. The summed E-state index contributed by atoms with van der Waals surface area (Å²) in [5, 5.41) is 4.78. The first-order chi connectivity index (χ1) is 8.34. The van der Waals surface area contributed by atoms with Crippen LogP contribution in [0.25, 0.3) is 0 Å². The molecule has 0 aliphatic carbocycles. The predicted molar refractivity (Wildman–Crippen MR) is 71.7 cm³/mol. The highest BCUT2D eigenvalue weighted by atomic mass is 15.6. The Morgan fingerprint density at radius 3 is 2.88 bits per heavy atom. The van der Waals surface area contributed by atoms with Crippen molar-refractivity contribution in [2.45, 2.75) is 19.4 Å². The first kappa shape index (κ1) is 10.6. The van der Waals surface area contributed by atoms with E-state index in [-0.39, 0.29) is 0 Å². The summed E-state index contributed by atoms with van der Waals surface area (Å²) in [5.41, 5.74) is 4.09. The second-order valence-electron chi connectivity index (χ2n) is 4.79. The third kappa shape index (κ3) is 2.01. The Morgan fingerprint density at radius 1 is 1.06 bits per heavy atom. The Hall–Kier alpha value is -1.54. The number of fused-ring (bicyclic) bond motifs is 3. The lowest BCUT2D eigenvalue weighted by atomic mass is 10.1. The van der Waals surface area contributed by atoms with Crippen LogP contribution in [0.15, 0.2) is 48.6 Å². The van der Waals surface area contributed by atoms with Crippen molar-refractivity contribution < 1.29 is 0 Å². The molecule has 0 spiro atoms. The summed E-state index contributed by atoms with van der Waals surface area (Å²) in [7, 11) is 0. The van der Waals surface area contributed by atoms with Crippen LogP contribution in [-0.4, -0.2) is 18.1 Å². The lowest BCUT2D eigenvalue weighted by Gasteiger charge is -2.29. The van der Waals surface area contributed by atoms with Gasteiger partial charge < -0.3 is 5.01 Å². The molecule has 0 fully saturated rings. The van der Waals surface area contributed by atoms with Crippen molar-refractivity contribution in [1.29, 1.82) is 0 Å². The van der Waals surface area contributed by atoms with Gasteiger partial charge in [-0.2, -0.15) is 0 Å². The van der Waals surface area contributed by atoms with Crippen molar-refractivity contribution >= 4 is 5.69 Å². The van der Waals surface area contributed by atoms with Crippen LogP contribution in [0.1, 0.15) is 18.4 Å². The summed E-state index contributed by atoms with van der Waals surface area (Å²) in [6.45, 7) is 7.17. The molecule has 0 N–H and O–H groups in total. The SMILES string of the molecule is C=C1CC/C=C\CN2Cc3ccccc3N2C1. The number of nitrogens with zero attached hydrogens (tertiary/aromatic N) is 2. The highest BCUT2D eigenvalue weighted by molar-refractivity contribution is 5.57. The molecule has 2 heteroatoms. The molecule has 2 heterocycles. The summed E-state index contributed by atoms with van der Waals surface area (Å²) < 4.78 is 0. The quantitative estimate of drug-likeness (QED) is 0.627. The zero-order valence-electron chi connectivity index (χ0n) is 10.1. The Labute approximate surface area is 103 Å². The molecule has 0 radical (unpaired) electrons. The highest BCUT2D eigenvalue weighted by Crippen LogP contribution is 2.32.